The van der Waals surface area contributed by atoms with E-state index in [0.717, 1.165) is 19.4 Å². The van der Waals surface area contributed by atoms with Gasteiger partial charge in [-0.2, -0.15) is 4.57 Å². The van der Waals surface area contributed by atoms with Gasteiger partial charge in [-0.1, -0.05) is 109 Å². The van der Waals surface area contributed by atoms with Gasteiger partial charge in [0.15, 0.2) is 6.54 Å². The minimum absolute atomic E-state index is 0.814. The fraction of sp³-hybridized carbons (Fsp3) is 0.0789. The summed E-state index contributed by atoms with van der Waals surface area (Å²) in [5, 5.41) is 0. The lowest BCUT2D eigenvalue weighted by Gasteiger charge is -2.22. The molecular formula is C38H30BF4N. The second-order valence-electron chi connectivity index (χ2n) is 10.8. The smallest absolute Gasteiger partial charge is 0.418 e. The van der Waals surface area contributed by atoms with E-state index in [0.29, 0.717) is 0 Å². The molecule has 0 spiro atoms. The van der Waals surface area contributed by atoms with Crippen LogP contribution in [0.15, 0.2) is 146 Å². The lowest BCUT2D eigenvalue weighted by Crippen LogP contribution is -2.40. The van der Waals surface area contributed by atoms with Crippen LogP contribution in [0.4, 0.5) is 17.3 Å². The molecule has 0 aliphatic heterocycles. The first kappa shape index (κ1) is 29.1. The molecule has 5 aromatic carbocycles. The molecule has 1 aromatic heterocycles. The first-order chi connectivity index (χ1) is 21.3. The van der Waals surface area contributed by atoms with Crippen LogP contribution in [0, 0.1) is 0 Å². The normalized spacial score (nSPS) is 12.0. The Morgan fingerprint density at radius 3 is 1.52 bits per heavy atom. The topological polar surface area (TPSA) is 3.88 Å². The van der Waals surface area contributed by atoms with E-state index in [2.05, 4.69) is 150 Å². The van der Waals surface area contributed by atoms with Crippen molar-refractivity contribution in [3.63, 3.8) is 0 Å². The van der Waals surface area contributed by atoms with Crippen LogP contribution in [-0.2, 0) is 19.4 Å². The highest BCUT2D eigenvalue weighted by molar-refractivity contribution is 6.50. The van der Waals surface area contributed by atoms with Crippen LogP contribution in [0.3, 0.4) is 0 Å². The molecular weight excluding hydrogens is 557 g/mol. The Balaban J connectivity index is 0.000000637. The van der Waals surface area contributed by atoms with Crippen LogP contribution >= 0.6 is 0 Å². The molecule has 0 radical (unpaired) electrons. The van der Waals surface area contributed by atoms with Crippen LogP contribution in [0.1, 0.15) is 16.7 Å². The summed E-state index contributed by atoms with van der Waals surface area (Å²) in [7, 11) is -6.00. The Kier molecular flexibility index (Phi) is 8.42. The molecule has 0 saturated carbocycles. The monoisotopic (exact) mass is 587 g/mol. The maximum Gasteiger partial charge on any atom is 0.673 e. The number of benzene rings is 5. The van der Waals surface area contributed by atoms with E-state index in [-0.39, 0.29) is 0 Å². The summed E-state index contributed by atoms with van der Waals surface area (Å²) in [5.74, 6) is 0. The van der Waals surface area contributed by atoms with E-state index >= 15 is 0 Å². The van der Waals surface area contributed by atoms with Crippen LogP contribution in [0.5, 0.6) is 0 Å². The highest BCUT2D eigenvalue weighted by Gasteiger charge is 2.26. The number of aryl methyl sites for hydroxylation is 1. The molecule has 0 unspecified atom stereocenters. The van der Waals surface area contributed by atoms with Gasteiger partial charge in [-0.05, 0) is 70.5 Å². The number of nitrogens with zero attached hydrogens (tertiary/aromatic N) is 1. The van der Waals surface area contributed by atoms with Crippen molar-refractivity contribution in [1.29, 1.82) is 0 Å². The standard InChI is InChI=1S/C38H30N.BF4/c1-4-13-28(14-5-1)33-25-37(30-16-6-2-7-17-30)39(38(26-33)31-18-8-3-9-19-31)27-32-20-12-22-36-34-21-11-10-15-29(34)23-24-35(32)36;2-1(3,4)5/h1-22,25-26H,23-24,27H2;/q+1;-1. The fourth-order valence-electron chi connectivity index (χ4n) is 6.05. The largest absolute Gasteiger partial charge is 0.673 e. The van der Waals surface area contributed by atoms with Crippen molar-refractivity contribution in [3.05, 3.63) is 162 Å². The third-order valence-corrected chi connectivity index (χ3v) is 7.97. The fourth-order valence-corrected chi connectivity index (χ4v) is 6.05. The van der Waals surface area contributed by atoms with E-state index < -0.39 is 7.25 Å². The molecule has 1 heterocycles. The van der Waals surface area contributed by atoms with E-state index in [1.54, 1.807) is 0 Å². The molecule has 1 nitrogen and oxygen atoms in total. The summed E-state index contributed by atoms with van der Waals surface area (Å²) in [5.41, 5.74) is 14.5. The molecule has 218 valence electrons. The van der Waals surface area contributed by atoms with Gasteiger partial charge in [0.2, 0.25) is 11.4 Å². The zero-order valence-corrected chi connectivity index (χ0v) is 24.0. The zero-order chi connectivity index (χ0) is 30.5. The minimum atomic E-state index is -6.00. The molecule has 0 fully saturated rings. The second kappa shape index (κ2) is 12.7. The molecule has 1 aliphatic carbocycles. The van der Waals surface area contributed by atoms with Gasteiger partial charge < -0.3 is 17.3 Å². The summed E-state index contributed by atoms with van der Waals surface area (Å²) in [6.45, 7) is 0.814. The summed E-state index contributed by atoms with van der Waals surface area (Å²) in [4.78, 5) is 0. The molecule has 6 aromatic rings. The number of pyridine rings is 1. The molecule has 0 atom stereocenters. The lowest BCUT2D eigenvalue weighted by atomic mass is 9.83. The van der Waals surface area contributed by atoms with Gasteiger partial charge in [0.05, 0.1) is 0 Å². The van der Waals surface area contributed by atoms with Gasteiger partial charge in [-0.3, -0.25) is 0 Å². The Labute approximate surface area is 255 Å². The van der Waals surface area contributed by atoms with Crippen molar-refractivity contribution in [1.82, 2.24) is 0 Å². The molecule has 6 heteroatoms. The van der Waals surface area contributed by atoms with Gasteiger partial charge in [-0.25, -0.2) is 0 Å². The summed E-state index contributed by atoms with van der Waals surface area (Å²) in [6.07, 6.45) is 2.17. The third kappa shape index (κ3) is 6.65. The average Bonchev–Trinajstić information content (AvgIpc) is 3.05. The highest BCUT2D eigenvalue weighted by atomic mass is 19.5. The van der Waals surface area contributed by atoms with E-state index in [9.17, 15) is 17.3 Å². The molecule has 7 rings (SSSR count). The van der Waals surface area contributed by atoms with Gasteiger partial charge in [-0.15, -0.1) is 0 Å². The summed E-state index contributed by atoms with van der Waals surface area (Å²) < 4.78 is 41.5. The van der Waals surface area contributed by atoms with Crippen molar-refractivity contribution in [2.75, 3.05) is 0 Å². The number of hydrogen-bond acceptors (Lipinski definition) is 0. The van der Waals surface area contributed by atoms with E-state index in [1.165, 1.54) is 61.5 Å². The predicted molar refractivity (Wildman–Crippen MR) is 172 cm³/mol. The number of rotatable bonds is 5. The Morgan fingerprint density at radius 1 is 0.477 bits per heavy atom. The predicted octanol–water partition coefficient (Wildman–Crippen LogP) is 10.1. The Hall–Kier alpha value is -4.97. The Bertz CT molecular complexity index is 1800. The minimum Gasteiger partial charge on any atom is -0.418 e. The van der Waals surface area contributed by atoms with Gasteiger partial charge in [0, 0.05) is 28.8 Å². The van der Waals surface area contributed by atoms with Gasteiger partial charge >= 0.3 is 7.25 Å². The lowest BCUT2D eigenvalue weighted by molar-refractivity contribution is -0.666. The van der Waals surface area contributed by atoms with Crippen LogP contribution < -0.4 is 4.57 Å². The molecule has 44 heavy (non-hydrogen) atoms. The number of aromatic nitrogens is 1. The first-order valence-corrected chi connectivity index (χ1v) is 14.7. The first-order valence-electron chi connectivity index (χ1n) is 14.7. The molecule has 0 amide bonds. The highest BCUT2D eigenvalue weighted by Crippen LogP contribution is 2.36. The van der Waals surface area contributed by atoms with E-state index in [4.69, 9.17) is 0 Å². The van der Waals surface area contributed by atoms with Crippen molar-refractivity contribution < 1.29 is 21.8 Å². The van der Waals surface area contributed by atoms with Crippen molar-refractivity contribution in [2.24, 2.45) is 0 Å². The quantitative estimate of drug-likeness (QED) is 0.107. The van der Waals surface area contributed by atoms with Gasteiger partial charge in [0.25, 0.3) is 0 Å². The van der Waals surface area contributed by atoms with Crippen molar-refractivity contribution in [3.8, 4) is 44.8 Å². The second-order valence-corrected chi connectivity index (χ2v) is 10.8. The summed E-state index contributed by atoms with van der Waals surface area (Å²) in [6, 6.07) is 52.9. The van der Waals surface area contributed by atoms with Crippen molar-refractivity contribution in [2.45, 2.75) is 19.4 Å². The van der Waals surface area contributed by atoms with Crippen LogP contribution in [0.2, 0.25) is 0 Å². The Morgan fingerprint density at radius 2 is 0.955 bits per heavy atom. The average molecular weight is 587 g/mol. The van der Waals surface area contributed by atoms with Crippen molar-refractivity contribution >= 4 is 7.25 Å². The summed E-state index contributed by atoms with van der Waals surface area (Å²) >= 11 is 0. The number of fused-ring (bicyclic) bond motifs is 3. The number of halogens is 4. The maximum absolute atomic E-state index is 9.75. The third-order valence-electron chi connectivity index (χ3n) is 7.97. The molecule has 0 N–H and O–H groups in total. The van der Waals surface area contributed by atoms with Gasteiger partial charge in [0.1, 0.15) is 0 Å². The number of hydrogen-bond donors (Lipinski definition) is 0. The molecule has 0 bridgehead atoms. The van der Waals surface area contributed by atoms with E-state index in [1.807, 2.05) is 0 Å². The SMILES string of the molecule is F[B-](F)(F)F.c1ccc(-c2cc(-c3ccccc3)[n+](Cc3cccc4c3CCc3ccccc3-4)c(-c3ccccc3)c2)cc1. The van der Waals surface area contributed by atoms with Crippen LogP contribution in [0.25, 0.3) is 44.8 Å². The zero-order valence-electron chi connectivity index (χ0n) is 24.0. The van der Waals surface area contributed by atoms with Crippen LogP contribution in [-0.4, -0.2) is 7.25 Å². The molecule has 0 saturated heterocycles. The molecule has 1 aliphatic rings. The maximum atomic E-state index is 9.75.